The quantitative estimate of drug-likeness (QED) is 0.393. The number of nitrogens with one attached hydrogen (secondary N) is 2. The van der Waals surface area contributed by atoms with E-state index in [4.69, 9.17) is 16.4 Å². The first-order chi connectivity index (χ1) is 6.72. The summed E-state index contributed by atoms with van der Waals surface area (Å²) in [7, 11) is 0. The Morgan fingerprint density at radius 1 is 1.47 bits per heavy atom. The highest BCUT2D eigenvalue weighted by Crippen LogP contribution is 2.00. The largest absolute Gasteiger partial charge is 0.369 e. The van der Waals surface area contributed by atoms with Gasteiger partial charge in [-0.1, -0.05) is 12.1 Å². The zero-order valence-corrected chi connectivity index (χ0v) is 8.58. The van der Waals surface area contributed by atoms with Gasteiger partial charge in [0.25, 0.3) is 0 Å². The monoisotopic (exact) mass is 223 g/mol. The minimum Gasteiger partial charge on any atom is -0.369 e. The van der Waals surface area contributed by atoms with Crippen molar-refractivity contribution in [2.45, 2.75) is 0 Å². The highest BCUT2D eigenvalue weighted by Gasteiger charge is 1.89. The molecule has 0 radical (unpaired) electrons. The number of guanidine groups is 1. The molecule has 0 heterocycles. The van der Waals surface area contributed by atoms with Crippen molar-refractivity contribution < 1.29 is 0 Å². The molecule has 0 spiro atoms. The van der Waals surface area contributed by atoms with Crippen LogP contribution in [-0.2, 0) is 0 Å². The van der Waals surface area contributed by atoms with Crippen LogP contribution in [0.3, 0.4) is 0 Å². The van der Waals surface area contributed by atoms with Crippen molar-refractivity contribution in [1.82, 2.24) is 5.43 Å². The summed E-state index contributed by atoms with van der Waals surface area (Å²) in [6, 6.07) is 8.90. The molecule has 0 bridgehead atoms. The fourth-order valence-corrected chi connectivity index (χ4v) is 0.820. The van der Waals surface area contributed by atoms with E-state index in [9.17, 15) is 0 Å². The van der Waals surface area contributed by atoms with Gasteiger partial charge in [0.2, 0.25) is 5.96 Å². The molecule has 4 N–H and O–H groups in total. The van der Waals surface area contributed by atoms with Gasteiger partial charge in [-0.2, -0.15) is 10.4 Å². The fourth-order valence-electron chi connectivity index (χ4n) is 0.820. The van der Waals surface area contributed by atoms with Crippen molar-refractivity contribution in [2.75, 3.05) is 0 Å². The Hall–Kier alpha value is -2.06. The maximum Gasteiger partial charge on any atom is 0.206 e. The number of rotatable bonds is 2. The van der Waals surface area contributed by atoms with Gasteiger partial charge in [-0.05, 0) is 17.7 Å². The molecule has 0 aliphatic heterocycles. The van der Waals surface area contributed by atoms with Gasteiger partial charge in [0.05, 0.1) is 17.8 Å². The SMILES string of the molecule is Cl.N#Cc1ccc(/C=N/NC(=N)N)cc1. The number of halogens is 1. The second kappa shape index (κ2) is 6.40. The molecular formula is C9H10ClN5. The van der Waals surface area contributed by atoms with Gasteiger partial charge in [0.1, 0.15) is 0 Å². The molecule has 0 aromatic heterocycles. The third-order valence-electron chi connectivity index (χ3n) is 1.44. The zero-order chi connectivity index (χ0) is 10.4. The van der Waals surface area contributed by atoms with Crippen LogP contribution in [0, 0.1) is 16.7 Å². The van der Waals surface area contributed by atoms with Gasteiger partial charge in [-0.15, -0.1) is 12.4 Å². The topological polar surface area (TPSA) is 98.0 Å². The maximum absolute atomic E-state index is 8.54. The number of nitrogens with two attached hydrogens (primary N) is 1. The summed E-state index contributed by atoms with van der Waals surface area (Å²) in [5.41, 5.74) is 8.74. The molecule has 0 aliphatic carbocycles. The molecule has 0 unspecified atom stereocenters. The maximum atomic E-state index is 8.54. The summed E-state index contributed by atoms with van der Waals surface area (Å²) < 4.78 is 0. The molecule has 1 rings (SSSR count). The molecular weight excluding hydrogens is 214 g/mol. The number of nitrogens with zero attached hydrogens (tertiary/aromatic N) is 2. The van der Waals surface area contributed by atoms with E-state index >= 15 is 0 Å². The van der Waals surface area contributed by atoms with E-state index in [0.717, 1.165) is 5.56 Å². The summed E-state index contributed by atoms with van der Waals surface area (Å²) in [6.45, 7) is 0. The number of benzene rings is 1. The first-order valence-electron chi connectivity index (χ1n) is 3.85. The lowest BCUT2D eigenvalue weighted by atomic mass is 10.2. The van der Waals surface area contributed by atoms with Crippen LogP contribution >= 0.6 is 12.4 Å². The molecule has 15 heavy (non-hydrogen) atoms. The third-order valence-corrected chi connectivity index (χ3v) is 1.44. The predicted molar refractivity (Wildman–Crippen MR) is 61.0 cm³/mol. The van der Waals surface area contributed by atoms with Crippen LogP contribution in [0.4, 0.5) is 0 Å². The molecule has 0 aliphatic rings. The smallest absolute Gasteiger partial charge is 0.206 e. The average Bonchev–Trinajstić information content (AvgIpc) is 2.18. The van der Waals surface area contributed by atoms with Crippen molar-refractivity contribution in [2.24, 2.45) is 10.8 Å². The van der Waals surface area contributed by atoms with Crippen LogP contribution in [0.5, 0.6) is 0 Å². The van der Waals surface area contributed by atoms with E-state index in [0.29, 0.717) is 5.56 Å². The lowest BCUT2D eigenvalue weighted by molar-refractivity contribution is 1.00. The second-order valence-corrected chi connectivity index (χ2v) is 2.52. The number of hydrogen-bond donors (Lipinski definition) is 3. The standard InChI is InChI=1S/C9H9N5.ClH/c10-5-7-1-3-8(4-2-7)6-13-14-9(11)12;/h1-4,6H,(H4,11,12,14);1H/b13-6+;. The molecule has 78 valence electrons. The first-order valence-corrected chi connectivity index (χ1v) is 3.85. The fraction of sp³-hybridized carbons (Fsp3) is 0. The summed E-state index contributed by atoms with van der Waals surface area (Å²) in [5, 5.41) is 19.1. The van der Waals surface area contributed by atoms with E-state index < -0.39 is 0 Å². The van der Waals surface area contributed by atoms with Gasteiger partial charge >= 0.3 is 0 Å². The van der Waals surface area contributed by atoms with Crippen molar-refractivity contribution in [3.05, 3.63) is 35.4 Å². The minimum atomic E-state index is -0.213. The van der Waals surface area contributed by atoms with Crippen LogP contribution in [0.1, 0.15) is 11.1 Å². The first kappa shape index (κ1) is 12.9. The van der Waals surface area contributed by atoms with Crippen LogP contribution in [0.2, 0.25) is 0 Å². The van der Waals surface area contributed by atoms with E-state index in [2.05, 4.69) is 10.5 Å². The zero-order valence-electron chi connectivity index (χ0n) is 7.77. The van der Waals surface area contributed by atoms with Crippen molar-refractivity contribution in [1.29, 1.82) is 10.7 Å². The van der Waals surface area contributed by atoms with E-state index in [1.807, 2.05) is 6.07 Å². The Balaban J connectivity index is 0.00000196. The molecule has 1 aromatic carbocycles. The van der Waals surface area contributed by atoms with E-state index in [1.54, 1.807) is 24.3 Å². The summed E-state index contributed by atoms with van der Waals surface area (Å²) in [6.07, 6.45) is 1.52. The van der Waals surface area contributed by atoms with Crippen LogP contribution in [0.15, 0.2) is 29.4 Å². The third kappa shape index (κ3) is 4.64. The molecule has 1 aromatic rings. The Morgan fingerprint density at radius 2 is 2.07 bits per heavy atom. The van der Waals surface area contributed by atoms with Crippen molar-refractivity contribution in [3.63, 3.8) is 0 Å². The van der Waals surface area contributed by atoms with Gasteiger partial charge in [-0.25, -0.2) is 5.43 Å². The molecule has 0 atom stereocenters. The van der Waals surface area contributed by atoms with E-state index in [1.165, 1.54) is 6.21 Å². The van der Waals surface area contributed by atoms with Gasteiger partial charge in [0.15, 0.2) is 0 Å². The Kier molecular flexibility index (Phi) is 5.52. The normalized spacial score (nSPS) is 9.00. The lowest BCUT2D eigenvalue weighted by Gasteiger charge is -1.94. The van der Waals surface area contributed by atoms with Crippen LogP contribution < -0.4 is 11.2 Å². The summed E-state index contributed by atoms with van der Waals surface area (Å²) >= 11 is 0. The number of hydrazone groups is 1. The van der Waals surface area contributed by atoms with Gasteiger partial charge < -0.3 is 5.73 Å². The van der Waals surface area contributed by atoms with Crippen molar-refractivity contribution in [3.8, 4) is 6.07 Å². The van der Waals surface area contributed by atoms with Crippen LogP contribution in [0.25, 0.3) is 0 Å². The van der Waals surface area contributed by atoms with Crippen LogP contribution in [-0.4, -0.2) is 12.2 Å². The summed E-state index contributed by atoms with van der Waals surface area (Å²) in [5.74, 6) is -0.213. The van der Waals surface area contributed by atoms with E-state index in [-0.39, 0.29) is 18.4 Å². The molecule has 0 fully saturated rings. The highest BCUT2D eigenvalue weighted by atomic mass is 35.5. The van der Waals surface area contributed by atoms with Gasteiger partial charge in [0, 0.05) is 0 Å². The van der Waals surface area contributed by atoms with Gasteiger partial charge in [-0.3, -0.25) is 5.41 Å². The average molecular weight is 224 g/mol. The molecule has 0 saturated heterocycles. The lowest BCUT2D eigenvalue weighted by Crippen LogP contribution is -2.25. The summed E-state index contributed by atoms with van der Waals surface area (Å²) in [4.78, 5) is 0. The number of nitriles is 1. The second-order valence-electron chi connectivity index (χ2n) is 2.52. The predicted octanol–water partition coefficient (Wildman–Crippen LogP) is 0.797. The number of hydrogen-bond acceptors (Lipinski definition) is 3. The molecule has 0 saturated carbocycles. The Morgan fingerprint density at radius 3 is 2.53 bits per heavy atom. The molecule has 0 amide bonds. The Labute approximate surface area is 93.5 Å². The molecule has 5 nitrogen and oxygen atoms in total. The van der Waals surface area contributed by atoms with Crippen molar-refractivity contribution >= 4 is 24.6 Å². The minimum absolute atomic E-state index is 0. The Bertz CT molecular complexity index is 390. The molecule has 6 heteroatoms. The highest BCUT2D eigenvalue weighted by molar-refractivity contribution is 5.85.